The van der Waals surface area contributed by atoms with Gasteiger partial charge in [-0.15, -0.1) is 0 Å². The Hall–Kier alpha value is -6.29. The lowest BCUT2D eigenvalue weighted by Gasteiger charge is -2.58. The summed E-state index contributed by atoms with van der Waals surface area (Å²) < 4.78 is 25.9. The lowest BCUT2D eigenvalue weighted by molar-refractivity contribution is -0.217. The van der Waals surface area contributed by atoms with E-state index in [2.05, 4.69) is 5.32 Å². The molecule has 0 radical (unpaired) electrons. The van der Waals surface area contributed by atoms with E-state index in [0.717, 1.165) is 5.56 Å². The minimum atomic E-state index is -1.64. The maximum atomic E-state index is 15.5. The molecule has 1 N–H and O–H groups in total. The van der Waals surface area contributed by atoms with Crippen LogP contribution in [0.25, 0.3) is 0 Å². The maximum absolute atomic E-state index is 15.5. The average Bonchev–Trinajstić information content (AvgIpc) is 3.53. The number of allylic oxidation sites excluding steroid dienone is 1. The third-order valence-corrected chi connectivity index (χ3v) is 12.8. The van der Waals surface area contributed by atoms with Crippen molar-refractivity contribution in [1.82, 2.24) is 5.32 Å². The van der Waals surface area contributed by atoms with E-state index in [9.17, 15) is 19.2 Å². The van der Waals surface area contributed by atoms with Crippen molar-refractivity contribution >= 4 is 29.8 Å². The van der Waals surface area contributed by atoms with E-state index in [1.165, 1.54) is 6.92 Å². The van der Waals surface area contributed by atoms with Crippen LogP contribution in [0.3, 0.4) is 0 Å². The second-order valence-electron chi connectivity index (χ2n) is 17.1. The van der Waals surface area contributed by atoms with Gasteiger partial charge in [-0.1, -0.05) is 111 Å². The molecule has 2 fully saturated rings. The number of carbonyl (C=O) groups excluding carboxylic acids is 5. The standard InChI is InChI=1S/C51H53NO9/c1-33-19-18-28-40-44(59-45(54)37-22-12-7-13-23-37)50(5,61-47(56)39-26-16-9-17-27-39)34(2)43-41(31-36-20-10-6-11-21-36)52-48(57)51(40,43)42(58-35(3)53)29-30-49(4,32-33)60-46(55)38-24-14-8-15-25-38/h6-18,20-30,33-34,40-44H,19,31-32H2,1-5H3,(H,52,57)/b28-18+,30-29+/t33-,34-,40-,41-,42+,43-,44-,49-,50-,51+/m0/s1. The number of carbonyl (C=O) groups is 5. The van der Waals surface area contributed by atoms with Crippen molar-refractivity contribution in [2.45, 2.75) is 83.3 Å². The van der Waals surface area contributed by atoms with Gasteiger partial charge in [0.2, 0.25) is 5.91 Å². The lowest BCUT2D eigenvalue weighted by Crippen LogP contribution is -2.70. The first kappa shape index (κ1) is 42.8. The Balaban J connectivity index is 1.45. The molecule has 0 aromatic heterocycles. The Kier molecular flexibility index (Phi) is 12.5. The summed E-state index contributed by atoms with van der Waals surface area (Å²) in [7, 11) is 0. The molecule has 0 unspecified atom stereocenters. The Morgan fingerprint density at radius 2 is 1.21 bits per heavy atom. The van der Waals surface area contributed by atoms with Gasteiger partial charge >= 0.3 is 23.9 Å². The second kappa shape index (κ2) is 17.7. The molecular weight excluding hydrogens is 771 g/mol. The van der Waals surface area contributed by atoms with Gasteiger partial charge in [0.25, 0.3) is 0 Å². The molecule has 4 aromatic carbocycles. The summed E-state index contributed by atoms with van der Waals surface area (Å²) in [5.41, 5.74) is -2.49. The zero-order valence-corrected chi connectivity index (χ0v) is 35.2. The fourth-order valence-corrected chi connectivity index (χ4v) is 9.96. The number of nitrogens with one attached hydrogen (secondary N) is 1. The molecule has 1 saturated carbocycles. The zero-order valence-electron chi connectivity index (χ0n) is 35.2. The second-order valence-corrected chi connectivity index (χ2v) is 17.1. The van der Waals surface area contributed by atoms with Gasteiger partial charge in [-0.05, 0) is 93.1 Å². The van der Waals surface area contributed by atoms with Gasteiger partial charge < -0.3 is 24.3 Å². The van der Waals surface area contributed by atoms with Gasteiger partial charge in [0.15, 0.2) is 0 Å². The maximum Gasteiger partial charge on any atom is 0.338 e. The summed E-state index contributed by atoms with van der Waals surface area (Å²) in [6.45, 7) is 8.80. The number of esters is 4. The first-order chi connectivity index (χ1) is 29.2. The minimum Gasteiger partial charge on any atom is -0.457 e. The monoisotopic (exact) mass is 823 g/mol. The topological polar surface area (TPSA) is 134 Å². The van der Waals surface area contributed by atoms with Crippen LogP contribution >= 0.6 is 0 Å². The molecule has 61 heavy (non-hydrogen) atoms. The van der Waals surface area contributed by atoms with Gasteiger partial charge in [0, 0.05) is 30.7 Å². The lowest BCUT2D eigenvalue weighted by atomic mass is 9.48. The van der Waals surface area contributed by atoms with Crippen molar-refractivity contribution in [3.8, 4) is 0 Å². The number of hydrogen-bond acceptors (Lipinski definition) is 9. The summed E-state index contributed by atoms with van der Waals surface area (Å²) >= 11 is 0. The minimum absolute atomic E-state index is 0.0649. The van der Waals surface area contributed by atoms with Crippen LogP contribution in [0.4, 0.5) is 0 Å². The first-order valence-corrected chi connectivity index (χ1v) is 21.0. The van der Waals surface area contributed by atoms with Crippen molar-refractivity contribution < 1.29 is 42.9 Å². The smallest absolute Gasteiger partial charge is 0.338 e. The SMILES string of the molecule is CC(=O)O[C@@H]1/C=C/[C@](C)(OC(=O)c2ccccc2)C[C@@H](C)C/C=C/[C@H]2[C@H](OC(=O)c3ccccc3)[C@@](C)(OC(=O)c3ccccc3)[C@@H](C)[C@H]3[C@H](Cc4ccccc4)NC(=O)[C@@]312. The Morgan fingerprint density at radius 3 is 1.77 bits per heavy atom. The van der Waals surface area contributed by atoms with Crippen molar-refractivity contribution in [3.05, 3.63) is 168 Å². The Bertz CT molecular complexity index is 2280. The van der Waals surface area contributed by atoms with Crippen molar-refractivity contribution in [3.63, 3.8) is 0 Å². The fraction of sp³-hybridized carbons (Fsp3) is 0.353. The summed E-state index contributed by atoms with van der Waals surface area (Å²) in [4.78, 5) is 71.1. The zero-order chi connectivity index (χ0) is 43.4. The van der Waals surface area contributed by atoms with E-state index in [1.807, 2.05) is 62.4 Å². The van der Waals surface area contributed by atoms with Crippen LogP contribution in [0.1, 0.15) is 84.1 Å². The quantitative estimate of drug-likeness (QED) is 0.100. The van der Waals surface area contributed by atoms with Gasteiger partial charge in [0.1, 0.15) is 28.8 Å². The van der Waals surface area contributed by atoms with E-state index < -0.39 is 82.4 Å². The van der Waals surface area contributed by atoms with E-state index in [-0.39, 0.29) is 11.5 Å². The predicted octanol–water partition coefficient (Wildman–Crippen LogP) is 8.53. The van der Waals surface area contributed by atoms with Crippen LogP contribution in [0.5, 0.6) is 0 Å². The molecule has 316 valence electrons. The van der Waals surface area contributed by atoms with Gasteiger partial charge in [-0.3, -0.25) is 9.59 Å². The largest absolute Gasteiger partial charge is 0.457 e. The van der Waals surface area contributed by atoms with Gasteiger partial charge in [-0.2, -0.15) is 0 Å². The summed E-state index contributed by atoms with van der Waals surface area (Å²) in [5.74, 6) is -5.37. The molecule has 10 atom stereocenters. The molecule has 0 bridgehead atoms. The number of hydrogen-bond donors (Lipinski definition) is 1. The number of ether oxygens (including phenoxy) is 4. The van der Waals surface area contributed by atoms with Crippen molar-refractivity contribution in [2.75, 3.05) is 0 Å². The van der Waals surface area contributed by atoms with Crippen molar-refractivity contribution in [2.24, 2.45) is 29.1 Å². The molecule has 1 amide bonds. The van der Waals surface area contributed by atoms with Crippen LogP contribution in [0.2, 0.25) is 0 Å². The first-order valence-electron chi connectivity index (χ1n) is 21.0. The molecule has 4 aromatic rings. The molecule has 3 aliphatic rings. The van der Waals surface area contributed by atoms with Gasteiger partial charge in [0.05, 0.1) is 16.7 Å². The molecule has 2 aliphatic carbocycles. The highest BCUT2D eigenvalue weighted by Gasteiger charge is 2.74. The molecule has 1 spiro atoms. The average molecular weight is 824 g/mol. The highest BCUT2D eigenvalue weighted by Crippen LogP contribution is 2.62. The molecule has 10 nitrogen and oxygen atoms in total. The fourth-order valence-electron chi connectivity index (χ4n) is 9.96. The van der Waals surface area contributed by atoms with E-state index in [4.69, 9.17) is 18.9 Å². The van der Waals surface area contributed by atoms with E-state index in [0.29, 0.717) is 30.4 Å². The highest BCUT2D eigenvalue weighted by molar-refractivity contribution is 5.92. The van der Waals surface area contributed by atoms with Crippen molar-refractivity contribution in [1.29, 1.82) is 0 Å². The van der Waals surface area contributed by atoms with Crippen LogP contribution in [0, 0.1) is 29.1 Å². The van der Waals surface area contributed by atoms with Crippen LogP contribution in [0.15, 0.2) is 146 Å². The predicted molar refractivity (Wildman–Crippen MR) is 229 cm³/mol. The number of amides is 1. The summed E-state index contributed by atoms with van der Waals surface area (Å²) in [6, 6.07) is 35.0. The Labute approximate surface area is 357 Å². The van der Waals surface area contributed by atoms with Crippen LogP contribution < -0.4 is 5.32 Å². The summed E-state index contributed by atoms with van der Waals surface area (Å²) in [5, 5.41) is 3.32. The molecule has 1 saturated heterocycles. The van der Waals surface area contributed by atoms with E-state index >= 15 is 4.79 Å². The molecular formula is C51H53NO9. The van der Waals surface area contributed by atoms with Gasteiger partial charge in [-0.25, -0.2) is 14.4 Å². The third-order valence-electron chi connectivity index (χ3n) is 12.8. The summed E-state index contributed by atoms with van der Waals surface area (Å²) in [6.07, 6.45) is 5.92. The molecule has 1 aliphatic heterocycles. The van der Waals surface area contributed by atoms with E-state index in [1.54, 1.807) is 111 Å². The van der Waals surface area contributed by atoms with Crippen LogP contribution in [-0.4, -0.2) is 59.2 Å². The Morgan fingerprint density at radius 1 is 0.689 bits per heavy atom. The number of rotatable bonds is 9. The highest BCUT2D eigenvalue weighted by atomic mass is 16.6. The third kappa shape index (κ3) is 8.67. The molecule has 1 heterocycles. The normalized spacial score (nSPS) is 31.7. The molecule has 10 heteroatoms. The molecule has 7 rings (SSSR count). The number of benzene rings is 4. The van der Waals surface area contributed by atoms with Crippen LogP contribution in [-0.2, 0) is 35.0 Å².